The molecule has 5 heteroatoms. The SMILES string of the molecule is CC(C)N(CCCl)C(=O)c1ccn(C)n1. The van der Waals surface area contributed by atoms with Gasteiger partial charge in [0.1, 0.15) is 5.69 Å². The summed E-state index contributed by atoms with van der Waals surface area (Å²) in [7, 11) is 1.79. The molecule has 1 heterocycles. The van der Waals surface area contributed by atoms with Crippen LogP contribution < -0.4 is 0 Å². The molecule has 0 radical (unpaired) electrons. The van der Waals surface area contributed by atoms with Crippen molar-refractivity contribution in [3.8, 4) is 0 Å². The van der Waals surface area contributed by atoms with E-state index >= 15 is 0 Å². The predicted molar refractivity (Wildman–Crippen MR) is 60.1 cm³/mol. The van der Waals surface area contributed by atoms with E-state index in [4.69, 9.17) is 11.6 Å². The van der Waals surface area contributed by atoms with Crippen LogP contribution in [0.2, 0.25) is 0 Å². The van der Waals surface area contributed by atoms with Gasteiger partial charge >= 0.3 is 0 Å². The fourth-order valence-corrected chi connectivity index (χ4v) is 1.54. The number of carbonyl (C=O) groups is 1. The number of aryl methyl sites for hydroxylation is 1. The number of nitrogens with zero attached hydrogens (tertiary/aromatic N) is 3. The monoisotopic (exact) mass is 229 g/mol. The van der Waals surface area contributed by atoms with E-state index in [-0.39, 0.29) is 11.9 Å². The van der Waals surface area contributed by atoms with Crippen LogP contribution in [0.4, 0.5) is 0 Å². The Kier molecular flexibility index (Phi) is 4.15. The van der Waals surface area contributed by atoms with E-state index in [0.29, 0.717) is 18.1 Å². The van der Waals surface area contributed by atoms with E-state index < -0.39 is 0 Å². The van der Waals surface area contributed by atoms with E-state index in [1.54, 1.807) is 28.9 Å². The van der Waals surface area contributed by atoms with Crippen molar-refractivity contribution < 1.29 is 4.79 Å². The molecule has 0 atom stereocenters. The highest BCUT2D eigenvalue weighted by molar-refractivity contribution is 6.18. The van der Waals surface area contributed by atoms with Crippen molar-refractivity contribution in [1.29, 1.82) is 0 Å². The molecule has 1 rings (SSSR count). The fourth-order valence-electron chi connectivity index (χ4n) is 1.36. The highest BCUT2D eigenvalue weighted by Crippen LogP contribution is 2.06. The Labute approximate surface area is 94.8 Å². The number of hydrogen-bond donors (Lipinski definition) is 0. The van der Waals surface area contributed by atoms with Crippen molar-refractivity contribution in [2.75, 3.05) is 12.4 Å². The number of halogens is 1. The zero-order valence-electron chi connectivity index (χ0n) is 9.27. The van der Waals surface area contributed by atoms with Crippen LogP contribution in [0.25, 0.3) is 0 Å². The second kappa shape index (κ2) is 5.16. The zero-order valence-corrected chi connectivity index (χ0v) is 10.0. The molecule has 0 aliphatic rings. The number of aromatic nitrogens is 2. The van der Waals surface area contributed by atoms with Crippen LogP contribution in [0.15, 0.2) is 12.3 Å². The summed E-state index contributed by atoms with van der Waals surface area (Å²) in [4.78, 5) is 13.7. The van der Waals surface area contributed by atoms with Crippen LogP contribution >= 0.6 is 11.6 Å². The highest BCUT2D eigenvalue weighted by Gasteiger charge is 2.19. The minimum absolute atomic E-state index is 0.0637. The van der Waals surface area contributed by atoms with Gasteiger partial charge in [0, 0.05) is 31.7 Å². The van der Waals surface area contributed by atoms with Gasteiger partial charge in [0.25, 0.3) is 5.91 Å². The average Bonchev–Trinajstić information content (AvgIpc) is 2.59. The Balaban J connectivity index is 2.80. The van der Waals surface area contributed by atoms with Crippen LogP contribution in [-0.2, 0) is 7.05 Å². The Morgan fingerprint density at radius 1 is 1.67 bits per heavy atom. The third kappa shape index (κ3) is 2.96. The van der Waals surface area contributed by atoms with E-state index in [0.717, 1.165) is 0 Å². The molecule has 0 spiro atoms. The topological polar surface area (TPSA) is 38.1 Å². The molecule has 0 fully saturated rings. The lowest BCUT2D eigenvalue weighted by molar-refractivity contribution is 0.0711. The molecule has 0 N–H and O–H groups in total. The molecule has 1 aromatic rings. The molecule has 0 saturated carbocycles. The van der Waals surface area contributed by atoms with E-state index in [1.165, 1.54) is 0 Å². The van der Waals surface area contributed by atoms with Crippen LogP contribution in [-0.4, -0.2) is 39.1 Å². The number of alkyl halides is 1. The lowest BCUT2D eigenvalue weighted by Crippen LogP contribution is -2.38. The fraction of sp³-hybridized carbons (Fsp3) is 0.600. The van der Waals surface area contributed by atoms with Crippen molar-refractivity contribution in [3.05, 3.63) is 18.0 Å². The molecular weight excluding hydrogens is 214 g/mol. The molecule has 0 aliphatic heterocycles. The van der Waals surface area contributed by atoms with Crippen LogP contribution in [0.1, 0.15) is 24.3 Å². The van der Waals surface area contributed by atoms with Gasteiger partial charge in [-0.2, -0.15) is 5.10 Å². The number of rotatable bonds is 4. The van der Waals surface area contributed by atoms with Crippen molar-refractivity contribution in [1.82, 2.24) is 14.7 Å². The van der Waals surface area contributed by atoms with Crippen molar-refractivity contribution in [2.45, 2.75) is 19.9 Å². The summed E-state index contributed by atoms with van der Waals surface area (Å²) in [5.41, 5.74) is 0.469. The van der Waals surface area contributed by atoms with E-state index in [1.807, 2.05) is 13.8 Å². The molecule has 0 aromatic carbocycles. The van der Waals surface area contributed by atoms with Gasteiger partial charge in [-0.25, -0.2) is 0 Å². The van der Waals surface area contributed by atoms with Gasteiger partial charge in [-0.05, 0) is 19.9 Å². The molecule has 1 amide bonds. The molecular formula is C10H16ClN3O. The standard InChI is InChI=1S/C10H16ClN3O/c1-8(2)14(7-5-11)10(15)9-4-6-13(3)12-9/h4,6,8H,5,7H2,1-3H3. The van der Waals surface area contributed by atoms with Gasteiger partial charge < -0.3 is 4.90 Å². The van der Waals surface area contributed by atoms with Gasteiger partial charge in [-0.3, -0.25) is 9.48 Å². The van der Waals surface area contributed by atoms with E-state index in [9.17, 15) is 4.79 Å². The summed E-state index contributed by atoms with van der Waals surface area (Å²) in [5, 5.41) is 4.08. The largest absolute Gasteiger partial charge is 0.334 e. The molecule has 0 saturated heterocycles. The van der Waals surface area contributed by atoms with Crippen molar-refractivity contribution >= 4 is 17.5 Å². The van der Waals surface area contributed by atoms with Gasteiger partial charge in [0.15, 0.2) is 0 Å². The highest BCUT2D eigenvalue weighted by atomic mass is 35.5. The van der Waals surface area contributed by atoms with Gasteiger partial charge in [0.05, 0.1) is 0 Å². The summed E-state index contributed by atoms with van der Waals surface area (Å²) in [6.07, 6.45) is 1.76. The summed E-state index contributed by atoms with van der Waals surface area (Å²) >= 11 is 5.66. The van der Waals surface area contributed by atoms with E-state index in [2.05, 4.69) is 5.10 Å². The normalized spacial score (nSPS) is 10.7. The number of carbonyl (C=O) groups excluding carboxylic acids is 1. The minimum Gasteiger partial charge on any atom is -0.334 e. The first-order valence-electron chi connectivity index (χ1n) is 4.93. The molecule has 1 aromatic heterocycles. The first-order valence-corrected chi connectivity index (χ1v) is 5.46. The lowest BCUT2D eigenvalue weighted by Gasteiger charge is -2.24. The molecule has 84 valence electrons. The first-order chi connectivity index (χ1) is 7.06. The van der Waals surface area contributed by atoms with Crippen LogP contribution in [0.3, 0.4) is 0 Å². The molecule has 0 aliphatic carbocycles. The third-order valence-corrected chi connectivity index (χ3v) is 2.31. The van der Waals surface area contributed by atoms with Gasteiger partial charge in [-0.1, -0.05) is 0 Å². The van der Waals surface area contributed by atoms with Crippen LogP contribution in [0, 0.1) is 0 Å². The smallest absolute Gasteiger partial charge is 0.274 e. The Morgan fingerprint density at radius 3 is 2.73 bits per heavy atom. The molecule has 0 bridgehead atoms. The lowest BCUT2D eigenvalue weighted by atomic mass is 10.3. The maximum Gasteiger partial charge on any atom is 0.274 e. The number of hydrogen-bond acceptors (Lipinski definition) is 2. The summed E-state index contributed by atoms with van der Waals surface area (Å²) in [5.74, 6) is 0.378. The first kappa shape index (κ1) is 12.0. The Morgan fingerprint density at radius 2 is 2.33 bits per heavy atom. The Bertz CT molecular complexity index is 335. The van der Waals surface area contributed by atoms with Crippen molar-refractivity contribution in [3.63, 3.8) is 0 Å². The summed E-state index contributed by atoms with van der Waals surface area (Å²) < 4.78 is 1.62. The third-order valence-electron chi connectivity index (χ3n) is 2.14. The number of amides is 1. The van der Waals surface area contributed by atoms with Crippen molar-refractivity contribution in [2.24, 2.45) is 7.05 Å². The molecule has 0 unspecified atom stereocenters. The summed E-state index contributed by atoms with van der Waals surface area (Å²) in [6, 6.07) is 1.85. The summed E-state index contributed by atoms with van der Waals surface area (Å²) in [6.45, 7) is 4.48. The van der Waals surface area contributed by atoms with Gasteiger partial charge in [-0.15, -0.1) is 11.6 Å². The zero-order chi connectivity index (χ0) is 11.4. The molecule has 15 heavy (non-hydrogen) atoms. The average molecular weight is 230 g/mol. The second-order valence-corrected chi connectivity index (χ2v) is 4.03. The maximum absolute atomic E-state index is 12.0. The quantitative estimate of drug-likeness (QED) is 0.735. The second-order valence-electron chi connectivity index (χ2n) is 3.66. The Hall–Kier alpha value is -1.03. The maximum atomic E-state index is 12.0. The van der Waals surface area contributed by atoms with Crippen LogP contribution in [0.5, 0.6) is 0 Å². The minimum atomic E-state index is -0.0637. The van der Waals surface area contributed by atoms with Gasteiger partial charge in [0.2, 0.25) is 0 Å². The predicted octanol–water partition coefficient (Wildman–Crippen LogP) is 1.51. The molecule has 4 nitrogen and oxygen atoms in total.